The molecule has 0 unspecified atom stereocenters. The zero-order valence-electron chi connectivity index (χ0n) is 15.9. The number of carbonyl (C=O) groups is 1. The number of hydrogen-bond acceptors (Lipinski definition) is 3. The molecule has 5 nitrogen and oxygen atoms in total. The summed E-state index contributed by atoms with van der Waals surface area (Å²) in [5.74, 6) is 0.512. The largest absolute Gasteiger partial charge is 0.343 e. The van der Waals surface area contributed by atoms with Crippen molar-refractivity contribution in [2.75, 3.05) is 13.1 Å². The maximum Gasteiger partial charge on any atom is 0.241 e. The predicted octanol–water partition coefficient (Wildman–Crippen LogP) is 2.93. The number of aryl methyl sites for hydroxylation is 3. The summed E-state index contributed by atoms with van der Waals surface area (Å²) in [7, 11) is -3.55. The van der Waals surface area contributed by atoms with Crippen molar-refractivity contribution in [1.29, 1.82) is 0 Å². The minimum absolute atomic E-state index is 0.117. The second-order valence-electron chi connectivity index (χ2n) is 7.60. The molecule has 0 spiro atoms. The van der Waals surface area contributed by atoms with E-state index in [9.17, 15) is 13.2 Å². The van der Waals surface area contributed by atoms with Gasteiger partial charge in [0.15, 0.2) is 0 Å². The van der Waals surface area contributed by atoms with Crippen molar-refractivity contribution >= 4 is 15.9 Å². The summed E-state index contributed by atoms with van der Waals surface area (Å²) in [6.45, 7) is 10.9. The monoisotopic (exact) mass is 366 g/mol. The lowest BCUT2D eigenvalue weighted by molar-refractivity contribution is -0.133. The van der Waals surface area contributed by atoms with Gasteiger partial charge in [-0.1, -0.05) is 31.5 Å². The lowest BCUT2D eigenvalue weighted by Crippen LogP contribution is -2.46. The lowest BCUT2D eigenvalue weighted by Gasteiger charge is -2.33. The number of piperidine rings is 1. The van der Waals surface area contributed by atoms with Crippen LogP contribution in [0.2, 0.25) is 0 Å². The second-order valence-corrected chi connectivity index (χ2v) is 9.25. The maximum atomic E-state index is 12.8. The molecule has 25 heavy (non-hydrogen) atoms. The van der Waals surface area contributed by atoms with Gasteiger partial charge in [-0.25, -0.2) is 13.1 Å². The molecule has 2 rings (SSSR count). The molecule has 0 atom stereocenters. The highest BCUT2D eigenvalue weighted by atomic mass is 32.2. The molecule has 0 aliphatic carbocycles. The minimum atomic E-state index is -3.55. The Morgan fingerprint density at radius 1 is 1.16 bits per heavy atom. The molecule has 6 heteroatoms. The van der Waals surface area contributed by atoms with Crippen molar-refractivity contribution in [3.05, 3.63) is 28.8 Å². The van der Waals surface area contributed by atoms with Gasteiger partial charge in [0.1, 0.15) is 0 Å². The van der Waals surface area contributed by atoms with Crippen molar-refractivity contribution in [3.8, 4) is 0 Å². The molecule has 0 bridgehead atoms. The highest BCUT2D eigenvalue weighted by Gasteiger charge is 2.28. The van der Waals surface area contributed by atoms with E-state index in [4.69, 9.17) is 0 Å². The van der Waals surface area contributed by atoms with E-state index in [0.29, 0.717) is 43.2 Å². The van der Waals surface area contributed by atoms with Crippen LogP contribution in [0.4, 0.5) is 0 Å². The number of rotatable bonds is 5. The average molecular weight is 367 g/mol. The first-order valence-corrected chi connectivity index (χ1v) is 10.5. The van der Waals surface area contributed by atoms with E-state index in [1.807, 2.05) is 51.7 Å². The van der Waals surface area contributed by atoms with Crippen molar-refractivity contribution in [3.63, 3.8) is 0 Å². The SMILES string of the molecule is Cc1cc(C)c(S(=O)(=O)NC2CCN(C(=O)CC(C)C)CC2)c(C)c1. The van der Waals surface area contributed by atoms with Crippen molar-refractivity contribution in [2.45, 2.75) is 64.8 Å². The second kappa shape index (κ2) is 7.87. The molecule has 1 aromatic rings. The molecule has 1 fully saturated rings. The zero-order chi connectivity index (χ0) is 18.8. The normalized spacial score (nSPS) is 16.5. The first kappa shape index (κ1) is 19.9. The van der Waals surface area contributed by atoms with Crippen LogP contribution in [-0.2, 0) is 14.8 Å². The lowest BCUT2D eigenvalue weighted by atomic mass is 10.0. The van der Waals surface area contributed by atoms with E-state index in [1.165, 1.54) is 0 Å². The van der Waals surface area contributed by atoms with Gasteiger partial charge >= 0.3 is 0 Å². The highest BCUT2D eigenvalue weighted by Crippen LogP contribution is 2.23. The number of nitrogens with one attached hydrogen (secondary N) is 1. The third-order valence-electron chi connectivity index (χ3n) is 4.63. The average Bonchev–Trinajstić information content (AvgIpc) is 2.45. The minimum Gasteiger partial charge on any atom is -0.343 e. The van der Waals surface area contributed by atoms with Gasteiger partial charge in [0.05, 0.1) is 4.90 Å². The molecule has 1 aliphatic heterocycles. The maximum absolute atomic E-state index is 12.8. The van der Waals surface area contributed by atoms with Gasteiger partial charge in [-0.15, -0.1) is 0 Å². The van der Waals surface area contributed by atoms with Crippen LogP contribution >= 0.6 is 0 Å². The van der Waals surface area contributed by atoms with E-state index in [0.717, 1.165) is 16.7 Å². The van der Waals surface area contributed by atoms with Gasteiger partial charge in [-0.05, 0) is 50.7 Å². The summed E-state index contributed by atoms with van der Waals surface area (Å²) >= 11 is 0. The molecule has 1 amide bonds. The summed E-state index contributed by atoms with van der Waals surface area (Å²) in [5.41, 5.74) is 2.61. The smallest absolute Gasteiger partial charge is 0.241 e. The molecule has 140 valence electrons. The number of benzene rings is 1. The Balaban J connectivity index is 2.03. The van der Waals surface area contributed by atoms with E-state index < -0.39 is 10.0 Å². The van der Waals surface area contributed by atoms with Gasteiger partial charge in [0.2, 0.25) is 15.9 Å². The van der Waals surface area contributed by atoms with Crippen LogP contribution < -0.4 is 4.72 Å². The van der Waals surface area contributed by atoms with Crippen LogP contribution in [-0.4, -0.2) is 38.4 Å². The summed E-state index contributed by atoms with van der Waals surface area (Å²) < 4.78 is 28.5. The van der Waals surface area contributed by atoms with Crippen LogP contribution in [0.1, 0.15) is 49.8 Å². The molecule has 0 radical (unpaired) electrons. The molecule has 1 saturated heterocycles. The Labute approximate surface area is 151 Å². The summed E-state index contributed by atoms with van der Waals surface area (Å²) in [6.07, 6.45) is 1.87. The van der Waals surface area contributed by atoms with E-state index >= 15 is 0 Å². The molecular formula is C19H30N2O3S. The number of nitrogens with zero attached hydrogens (tertiary/aromatic N) is 1. The zero-order valence-corrected chi connectivity index (χ0v) is 16.7. The Morgan fingerprint density at radius 3 is 2.16 bits per heavy atom. The van der Waals surface area contributed by atoms with Crippen LogP contribution in [0, 0.1) is 26.7 Å². The van der Waals surface area contributed by atoms with Crippen LogP contribution in [0.3, 0.4) is 0 Å². The number of likely N-dealkylation sites (tertiary alicyclic amines) is 1. The number of hydrogen-bond donors (Lipinski definition) is 1. The predicted molar refractivity (Wildman–Crippen MR) is 100 cm³/mol. The van der Waals surface area contributed by atoms with Crippen LogP contribution in [0.5, 0.6) is 0 Å². The Kier molecular flexibility index (Phi) is 6.27. The summed E-state index contributed by atoms with van der Waals surface area (Å²) in [6, 6.07) is 3.68. The molecular weight excluding hydrogens is 336 g/mol. The Morgan fingerprint density at radius 2 is 1.68 bits per heavy atom. The van der Waals surface area contributed by atoms with E-state index in [2.05, 4.69) is 4.72 Å². The fourth-order valence-electron chi connectivity index (χ4n) is 3.59. The van der Waals surface area contributed by atoms with E-state index in [1.54, 1.807) is 0 Å². The van der Waals surface area contributed by atoms with Gasteiger partial charge < -0.3 is 4.90 Å². The summed E-state index contributed by atoms with van der Waals surface area (Å²) in [5, 5.41) is 0. The highest BCUT2D eigenvalue weighted by molar-refractivity contribution is 7.89. The number of amides is 1. The summed E-state index contributed by atoms with van der Waals surface area (Å²) in [4.78, 5) is 14.4. The molecule has 1 aliphatic rings. The molecule has 1 aromatic carbocycles. The third kappa shape index (κ3) is 5.05. The van der Waals surface area contributed by atoms with E-state index in [-0.39, 0.29) is 11.9 Å². The Hall–Kier alpha value is -1.40. The van der Waals surface area contributed by atoms with Crippen molar-refractivity contribution < 1.29 is 13.2 Å². The number of carbonyl (C=O) groups excluding carboxylic acids is 1. The molecule has 1 heterocycles. The van der Waals surface area contributed by atoms with Crippen LogP contribution in [0.25, 0.3) is 0 Å². The van der Waals surface area contributed by atoms with Crippen molar-refractivity contribution in [2.24, 2.45) is 5.92 Å². The fraction of sp³-hybridized carbons (Fsp3) is 0.632. The topological polar surface area (TPSA) is 66.5 Å². The molecule has 0 aromatic heterocycles. The molecule has 1 N–H and O–H groups in total. The first-order chi connectivity index (χ1) is 11.6. The van der Waals surface area contributed by atoms with Gasteiger partial charge in [-0.3, -0.25) is 4.79 Å². The van der Waals surface area contributed by atoms with Gasteiger partial charge in [0, 0.05) is 25.6 Å². The first-order valence-electron chi connectivity index (χ1n) is 8.98. The fourth-order valence-corrected chi connectivity index (χ4v) is 5.35. The third-order valence-corrected chi connectivity index (χ3v) is 6.45. The Bertz CT molecular complexity index is 710. The van der Waals surface area contributed by atoms with Crippen LogP contribution in [0.15, 0.2) is 17.0 Å². The molecule has 0 saturated carbocycles. The van der Waals surface area contributed by atoms with Gasteiger partial charge in [0.25, 0.3) is 0 Å². The standard InChI is InChI=1S/C19H30N2O3S/c1-13(2)10-18(22)21-8-6-17(7-9-21)20-25(23,24)19-15(4)11-14(3)12-16(19)5/h11-13,17,20H,6-10H2,1-5H3. The quantitative estimate of drug-likeness (QED) is 0.871. The van der Waals surface area contributed by atoms with Crippen molar-refractivity contribution in [1.82, 2.24) is 9.62 Å². The number of sulfonamides is 1. The van der Waals surface area contributed by atoms with Gasteiger partial charge in [-0.2, -0.15) is 0 Å².